The highest BCUT2D eigenvalue weighted by Gasteiger charge is 2.46. The first-order chi connectivity index (χ1) is 16.9. The van der Waals surface area contributed by atoms with Gasteiger partial charge in [-0.25, -0.2) is 15.0 Å². The predicted molar refractivity (Wildman–Crippen MR) is 136 cm³/mol. The number of hydrogen-bond donors (Lipinski definition) is 3. The summed E-state index contributed by atoms with van der Waals surface area (Å²) in [6.07, 6.45) is 6.24. The summed E-state index contributed by atoms with van der Waals surface area (Å²) in [5.74, 6) is 1.04. The van der Waals surface area contributed by atoms with Gasteiger partial charge in [-0.1, -0.05) is 24.3 Å². The van der Waals surface area contributed by atoms with Crippen molar-refractivity contribution in [3.63, 3.8) is 0 Å². The molecule has 1 aliphatic carbocycles. The number of aryl methyl sites for hydroxylation is 1. The normalized spacial score (nSPS) is 20.5. The third kappa shape index (κ3) is 3.58. The predicted octanol–water partition coefficient (Wildman–Crippen LogP) is 2.47. The second-order valence-electron chi connectivity index (χ2n) is 9.93. The van der Waals surface area contributed by atoms with Gasteiger partial charge < -0.3 is 27.0 Å². The fourth-order valence-corrected chi connectivity index (χ4v) is 6.00. The van der Waals surface area contributed by atoms with E-state index in [0.717, 1.165) is 56.6 Å². The lowest BCUT2D eigenvalue weighted by molar-refractivity contribution is 0.0981. The lowest BCUT2D eigenvalue weighted by Gasteiger charge is -2.42. The number of hydrogen-bond acceptors (Lipinski definition) is 8. The zero-order valence-electron chi connectivity index (χ0n) is 19.7. The first-order valence-electron chi connectivity index (χ1n) is 12.2. The second-order valence-corrected chi connectivity index (χ2v) is 9.93. The van der Waals surface area contributed by atoms with E-state index >= 15 is 0 Å². The molecule has 1 atom stereocenters. The van der Waals surface area contributed by atoms with Crippen molar-refractivity contribution < 1.29 is 4.79 Å². The van der Waals surface area contributed by atoms with Crippen molar-refractivity contribution in [1.29, 1.82) is 0 Å². The molecular weight excluding hydrogens is 440 g/mol. The number of nitrogens with two attached hydrogens (primary N) is 3. The molecule has 6 rings (SSSR count). The van der Waals surface area contributed by atoms with Gasteiger partial charge in [-0.3, -0.25) is 4.79 Å². The number of nitrogens with zero attached hydrogens (tertiary/aromatic N) is 5. The Kier molecular flexibility index (Phi) is 5.10. The highest BCUT2D eigenvalue weighted by molar-refractivity contribution is 6.08. The molecule has 2 aliphatic heterocycles. The molecule has 0 saturated carbocycles. The first kappa shape index (κ1) is 21.8. The molecule has 6 N–H and O–H groups in total. The SMILES string of the molecule is Nc1ccc2c(n1)CCCN2C(=O)c1ncc(N2CCC3(CC2)Cc2ccccc2C3N)nc1N. The van der Waals surface area contributed by atoms with Crippen LogP contribution in [0.3, 0.4) is 0 Å². The van der Waals surface area contributed by atoms with Gasteiger partial charge in [0.15, 0.2) is 11.5 Å². The maximum atomic E-state index is 13.3. The van der Waals surface area contributed by atoms with Crippen LogP contribution in [-0.2, 0) is 12.8 Å². The number of amides is 1. The van der Waals surface area contributed by atoms with E-state index in [4.69, 9.17) is 17.2 Å². The Labute approximate surface area is 204 Å². The van der Waals surface area contributed by atoms with Crippen LogP contribution < -0.4 is 27.0 Å². The van der Waals surface area contributed by atoms with Crippen molar-refractivity contribution in [2.24, 2.45) is 11.1 Å². The summed E-state index contributed by atoms with van der Waals surface area (Å²) in [4.78, 5) is 30.6. The number of fused-ring (bicyclic) bond motifs is 2. The molecule has 3 aliphatic rings. The van der Waals surface area contributed by atoms with Crippen LogP contribution in [0.4, 0.5) is 23.1 Å². The number of rotatable bonds is 2. The van der Waals surface area contributed by atoms with E-state index in [1.165, 1.54) is 11.1 Å². The Bertz CT molecular complexity index is 1300. The zero-order chi connectivity index (χ0) is 24.2. The molecule has 1 spiro atoms. The second kappa shape index (κ2) is 8.20. The van der Waals surface area contributed by atoms with Gasteiger partial charge in [0.05, 0.1) is 17.6 Å². The molecule has 0 bridgehead atoms. The number of piperidine rings is 1. The van der Waals surface area contributed by atoms with E-state index in [1.807, 2.05) is 6.07 Å². The molecule has 0 radical (unpaired) electrons. The molecule has 2 aromatic heterocycles. The van der Waals surface area contributed by atoms with Crippen LogP contribution in [0.5, 0.6) is 0 Å². The minimum Gasteiger partial charge on any atom is -0.384 e. The maximum Gasteiger partial charge on any atom is 0.280 e. The van der Waals surface area contributed by atoms with Crippen molar-refractivity contribution in [3.8, 4) is 0 Å². The van der Waals surface area contributed by atoms with Crippen molar-refractivity contribution in [2.75, 3.05) is 40.9 Å². The average Bonchev–Trinajstić information content (AvgIpc) is 3.14. The van der Waals surface area contributed by atoms with Crippen LogP contribution in [0.2, 0.25) is 0 Å². The molecule has 1 unspecified atom stereocenters. The minimum absolute atomic E-state index is 0.0641. The van der Waals surface area contributed by atoms with Crippen LogP contribution in [0.15, 0.2) is 42.6 Å². The van der Waals surface area contributed by atoms with Gasteiger partial charge in [-0.05, 0) is 60.8 Å². The van der Waals surface area contributed by atoms with Crippen molar-refractivity contribution in [2.45, 2.75) is 38.1 Å². The Morgan fingerprint density at radius 1 is 1.03 bits per heavy atom. The van der Waals surface area contributed by atoms with E-state index in [0.29, 0.717) is 18.2 Å². The number of pyridine rings is 1. The van der Waals surface area contributed by atoms with E-state index in [-0.39, 0.29) is 28.9 Å². The molecule has 1 fully saturated rings. The summed E-state index contributed by atoms with van der Waals surface area (Å²) in [6.45, 7) is 2.24. The molecule has 1 aromatic carbocycles. The van der Waals surface area contributed by atoms with Crippen LogP contribution in [0, 0.1) is 5.41 Å². The van der Waals surface area contributed by atoms with E-state index in [9.17, 15) is 4.79 Å². The first-order valence-corrected chi connectivity index (χ1v) is 12.2. The number of aromatic nitrogens is 3. The summed E-state index contributed by atoms with van der Waals surface area (Å²) in [5.41, 5.74) is 23.3. The van der Waals surface area contributed by atoms with Gasteiger partial charge in [0.1, 0.15) is 11.6 Å². The highest BCUT2D eigenvalue weighted by Crippen LogP contribution is 2.50. The number of carbonyl (C=O) groups is 1. The van der Waals surface area contributed by atoms with Crippen LogP contribution in [-0.4, -0.2) is 40.5 Å². The molecule has 9 heteroatoms. The van der Waals surface area contributed by atoms with Crippen molar-refractivity contribution in [1.82, 2.24) is 15.0 Å². The van der Waals surface area contributed by atoms with E-state index in [1.54, 1.807) is 17.2 Å². The molecule has 35 heavy (non-hydrogen) atoms. The van der Waals surface area contributed by atoms with E-state index in [2.05, 4.69) is 44.1 Å². The maximum absolute atomic E-state index is 13.3. The summed E-state index contributed by atoms with van der Waals surface area (Å²) < 4.78 is 0. The average molecular weight is 471 g/mol. The molecule has 3 aromatic rings. The summed E-state index contributed by atoms with van der Waals surface area (Å²) in [7, 11) is 0. The fraction of sp³-hybridized carbons (Fsp3) is 0.385. The zero-order valence-corrected chi connectivity index (χ0v) is 19.7. The standard InChI is InChI=1S/C26H30N8O/c27-20-8-7-19-18(31-20)6-3-11-34(19)25(35)22-24(29)32-21(15-30-22)33-12-9-26(10-13-33)14-16-4-1-2-5-17(16)23(26)28/h1-2,4-5,7-8,15,23H,3,6,9-14,28H2,(H2,27,31)(H2,29,32). The van der Waals surface area contributed by atoms with Gasteiger partial charge in [0, 0.05) is 25.7 Å². The van der Waals surface area contributed by atoms with E-state index < -0.39 is 0 Å². The number of carbonyl (C=O) groups excluding carboxylic acids is 1. The summed E-state index contributed by atoms with van der Waals surface area (Å²) in [5, 5.41) is 0. The Balaban J connectivity index is 1.18. The monoisotopic (exact) mass is 470 g/mol. The topological polar surface area (TPSA) is 140 Å². The smallest absolute Gasteiger partial charge is 0.280 e. The number of anilines is 4. The van der Waals surface area contributed by atoms with Crippen molar-refractivity contribution in [3.05, 3.63) is 65.1 Å². The molecule has 9 nitrogen and oxygen atoms in total. The van der Waals surface area contributed by atoms with Crippen LogP contribution in [0.25, 0.3) is 0 Å². The van der Waals surface area contributed by atoms with Gasteiger partial charge >= 0.3 is 0 Å². The third-order valence-electron chi connectivity index (χ3n) is 7.97. The minimum atomic E-state index is -0.263. The van der Waals surface area contributed by atoms with Crippen molar-refractivity contribution >= 4 is 29.0 Å². The largest absolute Gasteiger partial charge is 0.384 e. The Hall–Kier alpha value is -3.72. The summed E-state index contributed by atoms with van der Waals surface area (Å²) in [6, 6.07) is 12.1. The van der Waals surface area contributed by atoms with Crippen LogP contribution >= 0.6 is 0 Å². The van der Waals surface area contributed by atoms with Gasteiger partial charge in [-0.2, -0.15) is 0 Å². The quantitative estimate of drug-likeness (QED) is 0.519. The molecule has 180 valence electrons. The van der Waals surface area contributed by atoms with Gasteiger partial charge in [0.25, 0.3) is 5.91 Å². The molecule has 1 saturated heterocycles. The Morgan fingerprint density at radius 3 is 2.60 bits per heavy atom. The van der Waals surface area contributed by atoms with Gasteiger partial charge in [-0.15, -0.1) is 0 Å². The highest BCUT2D eigenvalue weighted by atomic mass is 16.2. The van der Waals surface area contributed by atoms with Gasteiger partial charge in [0.2, 0.25) is 0 Å². The third-order valence-corrected chi connectivity index (χ3v) is 7.97. The summed E-state index contributed by atoms with van der Waals surface area (Å²) >= 11 is 0. The van der Waals surface area contributed by atoms with Crippen LogP contribution in [0.1, 0.15) is 52.6 Å². The molecule has 4 heterocycles. The lowest BCUT2D eigenvalue weighted by atomic mass is 9.73. The molecular formula is C26H30N8O. The molecule has 1 amide bonds. The number of benzene rings is 1. The Morgan fingerprint density at radius 2 is 1.83 bits per heavy atom. The fourth-order valence-electron chi connectivity index (χ4n) is 6.00. The number of nitrogen functional groups attached to an aromatic ring is 2. The lowest BCUT2D eigenvalue weighted by Crippen LogP contribution is -2.44.